The number of alkyl halides is 3. The molecule has 0 saturated carbocycles. The number of rotatable bonds is 7. The first-order valence-corrected chi connectivity index (χ1v) is 9.50. The van der Waals surface area contributed by atoms with Crippen LogP contribution in [-0.4, -0.2) is 37.8 Å². The van der Waals surface area contributed by atoms with Crippen molar-refractivity contribution in [2.75, 3.05) is 23.8 Å². The van der Waals surface area contributed by atoms with Crippen molar-refractivity contribution < 1.29 is 18.3 Å². The molecular formula is C21H19F3N6O. The molecule has 160 valence electrons. The number of anilines is 3. The standard InChI is InChI=1S/C21H19F3N6O/c22-21(23,24)15-8-6-14(7-9-15)12-30-13-26-17-18(25-10-11-31)28-20(29-19(17)30)27-16-4-2-1-3-5-16/h1-9,13,31H,10-12H2,(H2,25,27,28,29). The summed E-state index contributed by atoms with van der Waals surface area (Å²) in [6.45, 7) is 0.484. The van der Waals surface area contributed by atoms with Crippen LogP contribution in [0, 0.1) is 0 Å². The van der Waals surface area contributed by atoms with Crippen LogP contribution in [0.2, 0.25) is 0 Å². The van der Waals surface area contributed by atoms with Crippen LogP contribution in [0.3, 0.4) is 0 Å². The number of aliphatic hydroxyl groups is 1. The maximum absolute atomic E-state index is 12.8. The van der Waals surface area contributed by atoms with Crippen LogP contribution in [0.4, 0.5) is 30.6 Å². The Morgan fingerprint density at radius 2 is 1.71 bits per heavy atom. The van der Waals surface area contributed by atoms with E-state index in [1.807, 2.05) is 30.3 Å². The monoisotopic (exact) mass is 428 g/mol. The fourth-order valence-electron chi connectivity index (χ4n) is 3.06. The highest BCUT2D eigenvalue weighted by Crippen LogP contribution is 2.29. The van der Waals surface area contributed by atoms with Gasteiger partial charge in [0.05, 0.1) is 25.0 Å². The molecule has 4 aromatic rings. The number of nitrogens with one attached hydrogen (secondary N) is 2. The van der Waals surface area contributed by atoms with E-state index in [9.17, 15) is 13.2 Å². The summed E-state index contributed by atoms with van der Waals surface area (Å²) in [6, 6.07) is 14.4. The summed E-state index contributed by atoms with van der Waals surface area (Å²) in [4.78, 5) is 13.4. The molecule has 0 aliphatic heterocycles. The molecule has 0 saturated heterocycles. The van der Waals surface area contributed by atoms with Crippen molar-refractivity contribution in [2.24, 2.45) is 0 Å². The van der Waals surface area contributed by atoms with E-state index >= 15 is 0 Å². The van der Waals surface area contributed by atoms with E-state index in [0.717, 1.165) is 17.8 Å². The van der Waals surface area contributed by atoms with Crippen LogP contribution in [0.5, 0.6) is 0 Å². The maximum atomic E-state index is 12.8. The fourth-order valence-corrected chi connectivity index (χ4v) is 3.06. The number of imidazole rings is 1. The van der Waals surface area contributed by atoms with Gasteiger partial charge in [0.25, 0.3) is 0 Å². The van der Waals surface area contributed by atoms with Gasteiger partial charge >= 0.3 is 6.18 Å². The van der Waals surface area contributed by atoms with Crippen molar-refractivity contribution in [1.82, 2.24) is 19.5 Å². The third-order valence-corrected chi connectivity index (χ3v) is 4.53. The zero-order chi connectivity index (χ0) is 21.8. The number of fused-ring (bicyclic) bond motifs is 1. The molecule has 2 aromatic carbocycles. The van der Waals surface area contributed by atoms with Gasteiger partial charge in [-0.25, -0.2) is 4.98 Å². The summed E-state index contributed by atoms with van der Waals surface area (Å²) >= 11 is 0. The van der Waals surface area contributed by atoms with Crippen LogP contribution in [0.1, 0.15) is 11.1 Å². The average molecular weight is 428 g/mol. The van der Waals surface area contributed by atoms with E-state index in [2.05, 4.69) is 25.6 Å². The van der Waals surface area contributed by atoms with Crippen molar-refractivity contribution in [2.45, 2.75) is 12.7 Å². The zero-order valence-electron chi connectivity index (χ0n) is 16.3. The number of benzene rings is 2. The van der Waals surface area contributed by atoms with Gasteiger partial charge in [-0.3, -0.25) is 0 Å². The fraction of sp³-hybridized carbons (Fsp3) is 0.190. The molecule has 0 atom stereocenters. The average Bonchev–Trinajstić information content (AvgIpc) is 3.15. The molecule has 31 heavy (non-hydrogen) atoms. The number of aliphatic hydroxyl groups excluding tert-OH is 1. The summed E-state index contributed by atoms with van der Waals surface area (Å²) < 4.78 is 40.2. The minimum atomic E-state index is -4.38. The van der Waals surface area contributed by atoms with Gasteiger partial charge in [-0.2, -0.15) is 23.1 Å². The summed E-state index contributed by atoms with van der Waals surface area (Å²) in [5, 5.41) is 15.3. The van der Waals surface area contributed by atoms with E-state index in [4.69, 9.17) is 5.11 Å². The molecule has 0 radical (unpaired) electrons. The molecule has 0 aliphatic rings. The molecule has 4 rings (SSSR count). The molecule has 2 aromatic heterocycles. The minimum Gasteiger partial charge on any atom is -0.395 e. The summed E-state index contributed by atoms with van der Waals surface area (Å²) in [5.41, 5.74) is 1.78. The highest BCUT2D eigenvalue weighted by molar-refractivity contribution is 5.84. The number of aromatic nitrogens is 4. The van der Waals surface area contributed by atoms with Gasteiger partial charge < -0.3 is 20.3 Å². The van der Waals surface area contributed by atoms with Crippen molar-refractivity contribution in [3.8, 4) is 0 Å². The maximum Gasteiger partial charge on any atom is 0.416 e. The lowest BCUT2D eigenvalue weighted by Gasteiger charge is -2.11. The van der Waals surface area contributed by atoms with Crippen LogP contribution in [0.15, 0.2) is 60.9 Å². The minimum absolute atomic E-state index is 0.0841. The molecule has 0 amide bonds. The summed E-state index contributed by atoms with van der Waals surface area (Å²) in [5.74, 6) is 0.775. The molecule has 2 heterocycles. The van der Waals surface area contributed by atoms with Gasteiger partial charge in [0, 0.05) is 12.2 Å². The lowest BCUT2D eigenvalue weighted by atomic mass is 10.1. The van der Waals surface area contributed by atoms with Gasteiger partial charge in [0.15, 0.2) is 17.0 Å². The first kappa shape index (κ1) is 20.6. The van der Waals surface area contributed by atoms with E-state index in [-0.39, 0.29) is 19.7 Å². The second-order valence-corrected chi connectivity index (χ2v) is 6.78. The molecule has 10 heteroatoms. The Hall–Kier alpha value is -3.66. The quantitative estimate of drug-likeness (QED) is 0.412. The Bertz CT molecular complexity index is 1160. The second-order valence-electron chi connectivity index (χ2n) is 6.78. The molecule has 0 aliphatic carbocycles. The molecular weight excluding hydrogens is 409 g/mol. The number of hydrogen-bond donors (Lipinski definition) is 3. The normalized spacial score (nSPS) is 11.6. The second kappa shape index (κ2) is 8.60. The van der Waals surface area contributed by atoms with E-state index in [1.165, 1.54) is 12.1 Å². The van der Waals surface area contributed by atoms with Crippen molar-refractivity contribution in [3.05, 3.63) is 72.1 Å². The molecule has 3 N–H and O–H groups in total. The van der Waals surface area contributed by atoms with Gasteiger partial charge in [-0.05, 0) is 29.8 Å². The van der Waals surface area contributed by atoms with Crippen molar-refractivity contribution >= 4 is 28.6 Å². The third-order valence-electron chi connectivity index (χ3n) is 4.53. The van der Waals surface area contributed by atoms with Gasteiger partial charge in [0.2, 0.25) is 5.95 Å². The predicted molar refractivity (Wildman–Crippen MR) is 111 cm³/mol. The van der Waals surface area contributed by atoms with Crippen molar-refractivity contribution in [3.63, 3.8) is 0 Å². The third kappa shape index (κ3) is 4.75. The molecule has 7 nitrogen and oxygen atoms in total. The Labute approximate surface area is 175 Å². The predicted octanol–water partition coefficient (Wildman–Crippen LogP) is 4.04. The topological polar surface area (TPSA) is 87.9 Å². The van der Waals surface area contributed by atoms with Gasteiger partial charge in [0.1, 0.15) is 0 Å². The SMILES string of the molecule is OCCNc1nc(Nc2ccccc2)nc2c1ncn2Cc1ccc(C(F)(F)F)cc1. The Morgan fingerprint density at radius 3 is 2.39 bits per heavy atom. The van der Waals surface area contributed by atoms with E-state index in [0.29, 0.717) is 28.5 Å². The van der Waals surface area contributed by atoms with Gasteiger partial charge in [-0.15, -0.1) is 0 Å². The van der Waals surface area contributed by atoms with E-state index < -0.39 is 11.7 Å². The largest absolute Gasteiger partial charge is 0.416 e. The Morgan fingerprint density at radius 1 is 0.968 bits per heavy atom. The first-order chi connectivity index (χ1) is 14.9. The van der Waals surface area contributed by atoms with Crippen molar-refractivity contribution in [1.29, 1.82) is 0 Å². The molecule has 0 fully saturated rings. The molecule has 0 spiro atoms. The summed E-state index contributed by atoms with van der Waals surface area (Å²) in [6.07, 6.45) is -2.81. The highest BCUT2D eigenvalue weighted by Gasteiger charge is 2.29. The van der Waals surface area contributed by atoms with Crippen LogP contribution >= 0.6 is 0 Å². The highest BCUT2D eigenvalue weighted by atomic mass is 19.4. The lowest BCUT2D eigenvalue weighted by molar-refractivity contribution is -0.137. The number of hydrogen-bond acceptors (Lipinski definition) is 6. The van der Waals surface area contributed by atoms with Crippen LogP contribution in [0.25, 0.3) is 11.2 Å². The first-order valence-electron chi connectivity index (χ1n) is 9.50. The smallest absolute Gasteiger partial charge is 0.395 e. The van der Waals surface area contributed by atoms with Crippen LogP contribution < -0.4 is 10.6 Å². The molecule has 0 unspecified atom stereocenters. The summed E-state index contributed by atoms with van der Waals surface area (Å²) in [7, 11) is 0. The Balaban J connectivity index is 1.68. The molecule has 0 bridgehead atoms. The van der Waals surface area contributed by atoms with Gasteiger partial charge in [-0.1, -0.05) is 30.3 Å². The number of halogens is 3. The zero-order valence-corrected chi connectivity index (χ0v) is 16.3. The van der Waals surface area contributed by atoms with E-state index in [1.54, 1.807) is 10.9 Å². The van der Waals surface area contributed by atoms with Crippen LogP contribution in [-0.2, 0) is 12.7 Å². The Kier molecular flexibility index (Phi) is 5.72. The number of para-hydroxylation sites is 1. The lowest BCUT2D eigenvalue weighted by Crippen LogP contribution is -2.10. The number of nitrogens with zero attached hydrogens (tertiary/aromatic N) is 4.